The zero-order valence-electron chi connectivity index (χ0n) is 8.74. The fourth-order valence-electron chi connectivity index (χ4n) is 1.45. The predicted molar refractivity (Wildman–Crippen MR) is 55.2 cm³/mol. The van der Waals surface area contributed by atoms with Crippen LogP contribution >= 0.6 is 0 Å². The van der Waals surface area contributed by atoms with E-state index in [2.05, 4.69) is 5.32 Å². The van der Waals surface area contributed by atoms with Crippen molar-refractivity contribution in [1.29, 1.82) is 0 Å². The van der Waals surface area contributed by atoms with Crippen molar-refractivity contribution in [2.24, 2.45) is 0 Å². The summed E-state index contributed by atoms with van der Waals surface area (Å²) in [5.74, 6) is 1.04. The Kier molecular flexibility index (Phi) is 2.49. The van der Waals surface area contributed by atoms with Gasteiger partial charge >= 0.3 is 0 Å². The average Bonchev–Trinajstić information content (AvgIpc) is 2.63. The first kappa shape index (κ1) is 9.83. The zero-order chi connectivity index (χ0) is 10.8. The van der Waals surface area contributed by atoms with Crippen molar-refractivity contribution in [2.75, 3.05) is 6.79 Å². The summed E-state index contributed by atoms with van der Waals surface area (Å²) in [5, 5.41) is 2.81. The molecule has 0 radical (unpaired) electrons. The van der Waals surface area contributed by atoms with Gasteiger partial charge in [0.05, 0.1) is 5.56 Å². The lowest BCUT2D eigenvalue weighted by molar-refractivity contribution is 0.0938. The number of ether oxygens (including phenoxy) is 2. The van der Waals surface area contributed by atoms with Crippen LogP contribution in [0, 0.1) is 0 Å². The summed E-state index contributed by atoms with van der Waals surface area (Å²) in [6, 6.07) is 5.40. The minimum absolute atomic E-state index is 0.107. The molecule has 1 amide bonds. The van der Waals surface area contributed by atoms with Crippen molar-refractivity contribution in [1.82, 2.24) is 5.32 Å². The molecular formula is C11H13NO3. The first-order valence-corrected chi connectivity index (χ1v) is 4.88. The molecule has 1 heterocycles. The monoisotopic (exact) mass is 207 g/mol. The Labute approximate surface area is 88.2 Å². The number of benzene rings is 1. The number of fused-ring (bicyclic) bond motifs is 1. The van der Waals surface area contributed by atoms with E-state index < -0.39 is 0 Å². The third-order valence-electron chi connectivity index (χ3n) is 2.06. The van der Waals surface area contributed by atoms with Gasteiger partial charge in [-0.05, 0) is 26.0 Å². The molecule has 0 saturated heterocycles. The van der Waals surface area contributed by atoms with E-state index in [0.29, 0.717) is 17.1 Å². The molecule has 15 heavy (non-hydrogen) atoms. The van der Waals surface area contributed by atoms with E-state index >= 15 is 0 Å². The van der Waals surface area contributed by atoms with Crippen LogP contribution in [0.4, 0.5) is 0 Å². The average molecular weight is 207 g/mol. The minimum Gasteiger partial charge on any atom is -0.454 e. The maximum absolute atomic E-state index is 11.8. The second kappa shape index (κ2) is 3.81. The van der Waals surface area contributed by atoms with Gasteiger partial charge in [-0.15, -0.1) is 0 Å². The summed E-state index contributed by atoms with van der Waals surface area (Å²) in [6.07, 6.45) is 0. The molecule has 0 spiro atoms. The maximum atomic E-state index is 11.8. The van der Waals surface area contributed by atoms with Crippen LogP contribution in [-0.2, 0) is 0 Å². The molecule has 0 aromatic heterocycles. The Morgan fingerprint density at radius 2 is 2.20 bits per heavy atom. The lowest BCUT2D eigenvalue weighted by Crippen LogP contribution is -2.30. The van der Waals surface area contributed by atoms with Crippen LogP contribution < -0.4 is 14.8 Å². The van der Waals surface area contributed by atoms with Gasteiger partial charge in [0.25, 0.3) is 5.91 Å². The van der Waals surface area contributed by atoms with Crippen LogP contribution in [0.25, 0.3) is 0 Å². The van der Waals surface area contributed by atoms with Crippen molar-refractivity contribution < 1.29 is 14.3 Å². The highest BCUT2D eigenvalue weighted by atomic mass is 16.7. The molecule has 0 fully saturated rings. The smallest absolute Gasteiger partial charge is 0.255 e. The van der Waals surface area contributed by atoms with E-state index in [4.69, 9.17) is 9.47 Å². The van der Waals surface area contributed by atoms with E-state index in [9.17, 15) is 4.79 Å². The summed E-state index contributed by atoms with van der Waals surface area (Å²) in [5.41, 5.74) is 0.527. The fourth-order valence-corrected chi connectivity index (χ4v) is 1.45. The van der Waals surface area contributed by atoms with E-state index in [1.807, 2.05) is 13.8 Å². The number of nitrogens with one attached hydrogen (secondary N) is 1. The van der Waals surface area contributed by atoms with Gasteiger partial charge < -0.3 is 14.8 Å². The van der Waals surface area contributed by atoms with Crippen molar-refractivity contribution in [2.45, 2.75) is 19.9 Å². The molecular weight excluding hydrogens is 194 g/mol. The first-order chi connectivity index (χ1) is 7.18. The zero-order valence-corrected chi connectivity index (χ0v) is 8.74. The number of carbonyl (C=O) groups is 1. The SMILES string of the molecule is CC(C)NC(=O)c1cccc2c1OCO2. The summed E-state index contributed by atoms with van der Waals surface area (Å²) < 4.78 is 10.4. The standard InChI is InChI=1S/C11H13NO3/c1-7(2)12-11(13)8-4-3-5-9-10(8)15-6-14-9/h3-5,7H,6H2,1-2H3,(H,12,13). The third kappa shape index (κ3) is 1.88. The highest BCUT2D eigenvalue weighted by Crippen LogP contribution is 2.35. The van der Waals surface area contributed by atoms with Crippen LogP contribution in [0.15, 0.2) is 18.2 Å². The van der Waals surface area contributed by atoms with Gasteiger partial charge in [0.2, 0.25) is 6.79 Å². The van der Waals surface area contributed by atoms with Crippen LogP contribution in [0.3, 0.4) is 0 Å². The van der Waals surface area contributed by atoms with E-state index in [-0.39, 0.29) is 18.7 Å². The maximum Gasteiger partial charge on any atom is 0.255 e. The molecule has 1 aromatic rings. The molecule has 1 aliphatic rings. The van der Waals surface area contributed by atoms with Gasteiger partial charge in [0.1, 0.15) is 0 Å². The second-order valence-electron chi connectivity index (χ2n) is 3.67. The lowest BCUT2D eigenvalue weighted by atomic mass is 10.1. The number of amides is 1. The van der Waals surface area contributed by atoms with E-state index in [0.717, 1.165) is 0 Å². The Bertz CT molecular complexity index is 387. The summed E-state index contributed by atoms with van der Waals surface area (Å²) in [4.78, 5) is 11.8. The molecule has 4 nitrogen and oxygen atoms in total. The Balaban J connectivity index is 2.29. The lowest BCUT2D eigenvalue weighted by Gasteiger charge is -2.09. The highest BCUT2D eigenvalue weighted by Gasteiger charge is 2.21. The number of hydrogen-bond donors (Lipinski definition) is 1. The largest absolute Gasteiger partial charge is 0.454 e. The molecule has 1 aliphatic heterocycles. The van der Waals surface area contributed by atoms with Gasteiger partial charge in [-0.2, -0.15) is 0 Å². The minimum atomic E-state index is -0.132. The van der Waals surface area contributed by atoms with Gasteiger partial charge in [0, 0.05) is 6.04 Å². The van der Waals surface area contributed by atoms with E-state index in [1.54, 1.807) is 18.2 Å². The predicted octanol–water partition coefficient (Wildman–Crippen LogP) is 1.55. The topological polar surface area (TPSA) is 47.6 Å². The number of carbonyl (C=O) groups excluding carboxylic acids is 1. The molecule has 0 saturated carbocycles. The summed E-state index contributed by atoms with van der Waals surface area (Å²) in [6.45, 7) is 4.01. The Morgan fingerprint density at radius 3 is 2.93 bits per heavy atom. The molecule has 0 atom stereocenters. The Morgan fingerprint density at radius 1 is 1.40 bits per heavy atom. The molecule has 0 unspecified atom stereocenters. The van der Waals surface area contributed by atoms with Crippen molar-refractivity contribution in [3.05, 3.63) is 23.8 Å². The third-order valence-corrected chi connectivity index (χ3v) is 2.06. The molecule has 1 N–H and O–H groups in total. The molecule has 0 bridgehead atoms. The Hall–Kier alpha value is -1.71. The molecule has 1 aromatic carbocycles. The van der Waals surface area contributed by atoms with Crippen LogP contribution in [-0.4, -0.2) is 18.7 Å². The van der Waals surface area contributed by atoms with Gasteiger partial charge in [0.15, 0.2) is 11.5 Å². The molecule has 0 aliphatic carbocycles. The molecule has 4 heteroatoms. The summed E-state index contributed by atoms with van der Waals surface area (Å²) >= 11 is 0. The number of para-hydroxylation sites is 1. The number of rotatable bonds is 2. The second-order valence-corrected chi connectivity index (χ2v) is 3.67. The van der Waals surface area contributed by atoms with Crippen molar-refractivity contribution >= 4 is 5.91 Å². The molecule has 2 rings (SSSR count). The van der Waals surface area contributed by atoms with Gasteiger partial charge in [-0.1, -0.05) is 6.07 Å². The van der Waals surface area contributed by atoms with Crippen LogP contribution in [0.5, 0.6) is 11.5 Å². The normalized spacial score (nSPS) is 13.0. The van der Waals surface area contributed by atoms with Crippen molar-refractivity contribution in [3.8, 4) is 11.5 Å². The van der Waals surface area contributed by atoms with Gasteiger partial charge in [-0.25, -0.2) is 0 Å². The fraction of sp³-hybridized carbons (Fsp3) is 0.364. The summed E-state index contributed by atoms with van der Waals surface area (Å²) in [7, 11) is 0. The van der Waals surface area contributed by atoms with Crippen LogP contribution in [0.1, 0.15) is 24.2 Å². The highest BCUT2D eigenvalue weighted by molar-refractivity contribution is 5.98. The van der Waals surface area contributed by atoms with E-state index in [1.165, 1.54) is 0 Å². The quantitative estimate of drug-likeness (QED) is 0.800. The first-order valence-electron chi connectivity index (χ1n) is 4.88. The van der Waals surface area contributed by atoms with Crippen molar-refractivity contribution in [3.63, 3.8) is 0 Å². The number of hydrogen-bond acceptors (Lipinski definition) is 3. The van der Waals surface area contributed by atoms with Gasteiger partial charge in [-0.3, -0.25) is 4.79 Å². The van der Waals surface area contributed by atoms with Crippen LogP contribution in [0.2, 0.25) is 0 Å². The molecule has 80 valence electrons.